The van der Waals surface area contributed by atoms with Crippen molar-refractivity contribution in [1.82, 2.24) is 0 Å². The molecule has 0 saturated heterocycles. The topological polar surface area (TPSA) is 57.9 Å². The highest BCUT2D eigenvalue weighted by Gasteiger charge is 2.27. The summed E-state index contributed by atoms with van der Waals surface area (Å²) in [6, 6.07) is 1.75. The Hall–Kier alpha value is 0.400. The van der Waals surface area contributed by atoms with Gasteiger partial charge in [0.1, 0.15) is 0 Å². The van der Waals surface area contributed by atoms with Crippen LogP contribution in [0.1, 0.15) is 0 Å². The zero-order valence-corrected chi connectivity index (χ0v) is 9.12. The molecule has 0 aromatic carbocycles. The molecule has 0 aliphatic carbocycles. The van der Waals surface area contributed by atoms with Crippen molar-refractivity contribution in [2.45, 2.75) is 3.23 Å². The molecular weight excluding hydrogens is 286 g/mol. The molecule has 0 aliphatic rings. The Bertz CT molecular complexity index is 251. The number of hydrogen-bond acceptors (Lipinski definition) is 3. The van der Waals surface area contributed by atoms with E-state index in [1.165, 1.54) is 0 Å². The van der Waals surface area contributed by atoms with E-state index < -0.39 is 13.1 Å². The van der Waals surface area contributed by atoms with Gasteiger partial charge in [0.05, 0.1) is 11.8 Å². The van der Waals surface area contributed by atoms with Gasteiger partial charge in [0, 0.05) is 6.26 Å². The van der Waals surface area contributed by atoms with Crippen LogP contribution in [0.5, 0.6) is 0 Å². The molecule has 58 valence electrons. The quantitative estimate of drug-likeness (QED) is 0.714. The first-order chi connectivity index (χ1) is 4.27. The van der Waals surface area contributed by atoms with Crippen LogP contribution in [0, 0.1) is 11.3 Å². The first-order valence-electron chi connectivity index (χ1n) is 2.24. The van der Waals surface area contributed by atoms with Gasteiger partial charge in [0.2, 0.25) is 0 Å². The number of halogens is 2. The highest BCUT2D eigenvalue weighted by atomic mass is 79.9. The summed E-state index contributed by atoms with van der Waals surface area (Å²) >= 11 is 5.79. The van der Waals surface area contributed by atoms with Gasteiger partial charge in [-0.25, -0.2) is 8.42 Å². The van der Waals surface area contributed by atoms with Gasteiger partial charge in [0.25, 0.3) is 0 Å². The van der Waals surface area contributed by atoms with E-state index in [1.807, 2.05) is 0 Å². The maximum atomic E-state index is 10.6. The third kappa shape index (κ3) is 5.21. The maximum absolute atomic E-state index is 10.6. The van der Waals surface area contributed by atoms with Crippen molar-refractivity contribution >= 4 is 41.7 Å². The molecule has 0 heterocycles. The van der Waals surface area contributed by atoms with Crippen LogP contribution >= 0.6 is 31.9 Å². The van der Waals surface area contributed by atoms with Gasteiger partial charge in [-0.2, -0.15) is 5.26 Å². The second-order valence-electron chi connectivity index (χ2n) is 1.89. The Morgan fingerprint density at radius 2 is 2.00 bits per heavy atom. The third-order valence-electron chi connectivity index (χ3n) is 0.607. The molecule has 0 rings (SSSR count). The number of alkyl halides is 2. The third-order valence-corrected chi connectivity index (χ3v) is 3.22. The lowest BCUT2D eigenvalue weighted by Gasteiger charge is -2.07. The second kappa shape index (κ2) is 3.20. The van der Waals surface area contributed by atoms with Crippen molar-refractivity contribution < 1.29 is 8.42 Å². The van der Waals surface area contributed by atoms with Crippen molar-refractivity contribution in [3.05, 3.63) is 0 Å². The molecule has 0 aliphatic heterocycles. The van der Waals surface area contributed by atoms with Gasteiger partial charge in [-0.15, -0.1) is 0 Å². The minimum Gasteiger partial charge on any atom is -0.229 e. The number of sulfone groups is 1. The summed E-state index contributed by atoms with van der Waals surface area (Å²) in [5, 5.41) is 8.35. The standard InChI is InChI=1S/C4H5Br2NO2S/c1-10(8,9)3-4(5,6)2-7/h3H2,1H3. The zero-order chi connectivity index (χ0) is 8.41. The number of hydrogen-bond donors (Lipinski definition) is 0. The monoisotopic (exact) mass is 289 g/mol. The summed E-state index contributed by atoms with van der Waals surface area (Å²) in [7, 11) is -3.11. The highest BCUT2D eigenvalue weighted by molar-refractivity contribution is 9.25. The Labute approximate surface area is 76.6 Å². The molecule has 0 N–H and O–H groups in total. The predicted octanol–water partition coefficient (Wildman–Crippen LogP) is 1.04. The fourth-order valence-corrected chi connectivity index (χ4v) is 3.58. The van der Waals surface area contributed by atoms with Gasteiger partial charge < -0.3 is 0 Å². The Morgan fingerprint density at radius 1 is 1.60 bits per heavy atom. The first kappa shape index (κ1) is 10.4. The minimum absolute atomic E-state index is 0.240. The molecule has 10 heavy (non-hydrogen) atoms. The summed E-state index contributed by atoms with van der Waals surface area (Å²) in [4.78, 5) is 0. The van der Waals surface area contributed by atoms with Crippen LogP contribution in [0.4, 0.5) is 0 Å². The molecule has 0 bridgehead atoms. The van der Waals surface area contributed by atoms with E-state index in [9.17, 15) is 8.42 Å². The molecule has 3 nitrogen and oxygen atoms in total. The van der Waals surface area contributed by atoms with Gasteiger partial charge in [-0.05, 0) is 0 Å². The molecule has 6 heteroatoms. The SMILES string of the molecule is CS(=O)(=O)CC(Br)(Br)C#N. The van der Waals surface area contributed by atoms with Crippen molar-refractivity contribution in [2.75, 3.05) is 12.0 Å². The van der Waals surface area contributed by atoms with E-state index in [0.29, 0.717) is 0 Å². The average Bonchev–Trinajstić information content (AvgIpc) is 1.60. The molecule has 0 unspecified atom stereocenters. The molecule has 0 aromatic rings. The fourth-order valence-electron chi connectivity index (χ4n) is 0.362. The summed E-state index contributed by atoms with van der Waals surface area (Å²) in [5.74, 6) is -0.240. The van der Waals surface area contributed by atoms with E-state index in [4.69, 9.17) is 5.26 Å². The lowest BCUT2D eigenvalue weighted by molar-refractivity contribution is 0.601. The van der Waals surface area contributed by atoms with E-state index in [1.54, 1.807) is 6.07 Å². The Kier molecular flexibility index (Phi) is 3.33. The van der Waals surface area contributed by atoms with Gasteiger partial charge >= 0.3 is 0 Å². The largest absolute Gasteiger partial charge is 0.229 e. The Morgan fingerprint density at radius 3 is 2.10 bits per heavy atom. The molecule has 0 saturated carbocycles. The van der Waals surface area contributed by atoms with Gasteiger partial charge in [-0.1, -0.05) is 31.9 Å². The summed E-state index contributed by atoms with van der Waals surface area (Å²) in [5.41, 5.74) is 0. The summed E-state index contributed by atoms with van der Waals surface area (Å²) < 4.78 is 20.1. The van der Waals surface area contributed by atoms with Crippen LogP contribution in [0.25, 0.3) is 0 Å². The van der Waals surface area contributed by atoms with Gasteiger partial charge in [0.15, 0.2) is 13.1 Å². The van der Waals surface area contributed by atoms with Crippen LogP contribution in [0.2, 0.25) is 0 Å². The predicted molar refractivity (Wildman–Crippen MR) is 45.9 cm³/mol. The van der Waals surface area contributed by atoms with Crippen molar-refractivity contribution in [3.63, 3.8) is 0 Å². The van der Waals surface area contributed by atoms with Crippen LogP contribution in [-0.4, -0.2) is 23.7 Å². The van der Waals surface area contributed by atoms with Crippen LogP contribution < -0.4 is 0 Å². The molecule has 0 fully saturated rings. The number of rotatable bonds is 2. The fraction of sp³-hybridized carbons (Fsp3) is 0.750. The van der Waals surface area contributed by atoms with Crippen LogP contribution in [-0.2, 0) is 9.84 Å². The number of nitrogens with zero attached hydrogens (tertiary/aromatic N) is 1. The van der Waals surface area contributed by atoms with Crippen molar-refractivity contribution in [3.8, 4) is 6.07 Å². The van der Waals surface area contributed by atoms with Crippen molar-refractivity contribution in [1.29, 1.82) is 5.26 Å². The Balaban J connectivity index is 4.35. The average molecular weight is 291 g/mol. The van der Waals surface area contributed by atoms with Crippen molar-refractivity contribution in [2.24, 2.45) is 0 Å². The van der Waals surface area contributed by atoms with Crippen LogP contribution in [0.15, 0.2) is 0 Å². The highest BCUT2D eigenvalue weighted by Crippen LogP contribution is 2.26. The normalized spacial score (nSPS) is 12.6. The molecule has 0 amide bonds. The first-order valence-corrected chi connectivity index (χ1v) is 5.88. The van der Waals surface area contributed by atoms with E-state index in [-0.39, 0.29) is 5.75 Å². The summed E-state index contributed by atoms with van der Waals surface area (Å²) in [6.45, 7) is 0. The number of nitriles is 1. The maximum Gasteiger partial charge on any atom is 0.180 e. The lowest BCUT2D eigenvalue weighted by Crippen LogP contribution is -2.21. The molecule has 0 spiro atoms. The lowest BCUT2D eigenvalue weighted by atomic mass is 10.5. The van der Waals surface area contributed by atoms with E-state index in [2.05, 4.69) is 31.9 Å². The zero-order valence-electron chi connectivity index (χ0n) is 5.13. The van der Waals surface area contributed by atoms with E-state index in [0.717, 1.165) is 6.26 Å². The molecule has 0 atom stereocenters. The minimum atomic E-state index is -3.11. The molecule has 0 aromatic heterocycles. The second-order valence-corrected chi connectivity index (χ2v) is 7.80. The smallest absolute Gasteiger partial charge is 0.180 e. The van der Waals surface area contributed by atoms with Crippen LogP contribution in [0.3, 0.4) is 0 Å². The van der Waals surface area contributed by atoms with E-state index >= 15 is 0 Å². The molecule has 0 radical (unpaired) electrons. The summed E-state index contributed by atoms with van der Waals surface area (Å²) in [6.07, 6.45) is 1.07. The molecular formula is C4H5Br2NO2S. The van der Waals surface area contributed by atoms with Gasteiger partial charge in [-0.3, -0.25) is 0 Å².